The molecule has 0 unspecified atom stereocenters. The van der Waals surface area contributed by atoms with Crippen molar-refractivity contribution in [2.45, 2.75) is 13.1 Å². The Morgan fingerprint density at radius 3 is 2.76 bits per heavy atom. The second-order valence-electron chi connectivity index (χ2n) is 6.84. The van der Waals surface area contributed by atoms with Gasteiger partial charge in [0.25, 0.3) is 0 Å². The van der Waals surface area contributed by atoms with Crippen molar-refractivity contribution < 1.29 is 18.8 Å². The third kappa shape index (κ3) is 2.73. The highest BCUT2D eigenvalue weighted by Crippen LogP contribution is 2.30. The van der Waals surface area contributed by atoms with E-state index in [0.717, 1.165) is 18.2 Å². The van der Waals surface area contributed by atoms with E-state index in [1.54, 1.807) is 0 Å². The summed E-state index contributed by atoms with van der Waals surface area (Å²) in [6.45, 7) is 1.49. The number of carbonyl (C=O) groups is 1. The summed E-state index contributed by atoms with van der Waals surface area (Å²) >= 11 is 0. The van der Waals surface area contributed by atoms with Crippen LogP contribution in [0.4, 0.5) is 4.39 Å². The zero-order chi connectivity index (χ0) is 20.1. The van der Waals surface area contributed by atoms with Crippen molar-refractivity contribution in [2.75, 3.05) is 0 Å². The largest absolute Gasteiger partial charge is 0.477 e. The van der Waals surface area contributed by atoms with Crippen molar-refractivity contribution in [1.29, 1.82) is 0 Å². The number of fused-ring (bicyclic) bond motifs is 2. The molecule has 3 heterocycles. The second-order valence-corrected chi connectivity index (χ2v) is 6.84. The van der Waals surface area contributed by atoms with Gasteiger partial charge in [0.2, 0.25) is 5.43 Å². The molecule has 29 heavy (non-hydrogen) atoms. The van der Waals surface area contributed by atoms with Gasteiger partial charge in [-0.15, -0.1) is 0 Å². The molecule has 7 nitrogen and oxygen atoms in total. The Balaban J connectivity index is 1.82. The molecule has 0 spiro atoms. The van der Waals surface area contributed by atoms with Gasteiger partial charge in [0, 0.05) is 36.3 Å². The summed E-state index contributed by atoms with van der Waals surface area (Å²) in [4.78, 5) is 24.1. The van der Waals surface area contributed by atoms with Crippen molar-refractivity contribution in [2.24, 2.45) is 0 Å². The molecule has 2 aromatic carbocycles. The number of benzene rings is 2. The lowest BCUT2D eigenvalue weighted by Gasteiger charge is -2.13. The average Bonchev–Trinajstić information content (AvgIpc) is 3.39. The van der Waals surface area contributed by atoms with Crippen LogP contribution in [0.5, 0.6) is 0 Å². The van der Waals surface area contributed by atoms with E-state index in [-0.39, 0.29) is 11.2 Å². The van der Waals surface area contributed by atoms with Gasteiger partial charge in [0.1, 0.15) is 17.6 Å². The maximum Gasteiger partial charge on any atom is 0.341 e. The SMILES string of the molecule is O=C(O)c1cn(-c2ccon2)c2cc(-c3ccc4c(c3)CNC4)c(F)cc2c1=O. The van der Waals surface area contributed by atoms with Crippen LogP contribution < -0.4 is 10.7 Å². The van der Waals surface area contributed by atoms with Crippen LogP contribution in [0.25, 0.3) is 27.8 Å². The van der Waals surface area contributed by atoms with Crippen molar-refractivity contribution >= 4 is 16.9 Å². The Morgan fingerprint density at radius 2 is 2.00 bits per heavy atom. The molecule has 2 aromatic heterocycles. The molecular formula is C21H14FN3O4. The molecule has 8 heteroatoms. The summed E-state index contributed by atoms with van der Waals surface area (Å²) in [5.74, 6) is -1.72. The molecule has 0 fully saturated rings. The van der Waals surface area contributed by atoms with Crippen LogP contribution in [0.3, 0.4) is 0 Å². The van der Waals surface area contributed by atoms with Crippen LogP contribution in [0.15, 0.2) is 58.2 Å². The maximum absolute atomic E-state index is 15.0. The van der Waals surface area contributed by atoms with Crippen molar-refractivity contribution in [3.8, 4) is 16.9 Å². The van der Waals surface area contributed by atoms with Gasteiger partial charge in [-0.05, 0) is 34.9 Å². The highest BCUT2D eigenvalue weighted by molar-refractivity contribution is 5.94. The number of nitrogens with one attached hydrogen (secondary N) is 1. The third-order valence-electron chi connectivity index (χ3n) is 5.14. The molecule has 4 aromatic rings. The first-order chi connectivity index (χ1) is 14.0. The Bertz CT molecular complexity index is 1340. The zero-order valence-corrected chi connectivity index (χ0v) is 15.0. The van der Waals surface area contributed by atoms with Crippen molar-refractivity contribution in [3.05, 3.63) is 81.6 Å². The molecule has 5 rings (SSSR count). The van der Waals surface area contributed by atoms with Crippen molar-refractivity contribution in [1.82, 2.24) is 15.0 Å². The van der Waals surface area contributed by atoms with Gasteiger partial charge in [0.15, 0.2) is 5.82 Å². The van der Waals surface area contributed by atoms with Crippen LogP contribution in [0, 0.1) is 5.82 Å². The Kier molecular flexibility index (Phi) is 3.82. The Morgan fingerprint density at radius 1 is 1.17 bits per heavy atom. The summed E-state index contributed by atoms with van der Waals surface area (Å²) in [5.41, 5.74) is 2.36. The minimum Gasteiger partial charge on any atom is -0.477 e. The van der Waals surface area contributed by atoms with E-state index in [4.69, 9.17) is 4.52 Å². The summed E-state index contributed by atoms with van der Waals surface area (Å²) < 4.78 is 21.3. The van der Waals surface area contributed by atoms with Crippen LogP contribution in [-0.4, -0.2) is 20.8 Å². The quantitative estimate of drug-likeness (QED) is 0.557. The van der Waals surface area contributed by atoms with Crippen LogP contribution in [0.1, 0.15) is 21.5 Å². The summed E-state index contributed by atoms with van der Waals surface area (Å²) in [5, 5.41) is 16.4. The molecule has 0 saturated carbocycles. The van der Waals surface area contributed by atoms with E-state index in [2.05, 4.69) is 10.5 Å². The number of hydrogen-bond acceptors (Lipinski definition) is 5. The number of carboxylic acid groups (broad SMARTS) is 1. The Labute approximate surface area is 163 Å². The average molecular weight is 391 g/mol. The van der Waals surface area contributed by atoms with Crippen LogP contribution in [0.2, 0.25) is 0 Å². The Hall–Kier alpha value is -3.78. The van der Waals surface area contributed by atoms with Crippen LogP contribution >= 0.6 is 0 Å². The predicted octanol–water partition coefficient (Wildman–Crippen LogP) is 3.09. The van der Waals surface area contributed by atoms with Gasteiger partial charge in [-0.3, -0.25) is 9.36 Å². The van der Waals surface area contributed by atoms with Gasteiger partial charge in [-0.25, -0.2) is 9.18 Å². The number of rotatable bonds is 3. The van der Waals surface area contributed by atoms with E-state index in [0.29, 0.717) is 23.2 Å². The predicted molar refractivity (Wildman–Crippen MR) is 103 cm³/mol. The minimum atomic E-state index is -1.40. The van der Waals surface area contributed by atoms with Gasteiger partial charge in [-0.2, -0.15) is 0 Å². The van der Waals surface area contributed by atoms with Gasteiger partial charge >= 0.3 is 5.97 Å². The molecule has 2 N–H and O–H groups in total. The standard InChI is InChI=1S/C21H14FN3O4/c22-17-6-15-18(7-14(17)11-1-2-12-8-23-9-13(12)5-11)25(19-3-4-29-24-19)10-16(20(15)26)21(27)28/h1-7,10,23H,8-9H2,(H,27,28). The molecular weight excluding hydrogens is 377 g/mol. The maximum atomic E-state index is 15.0. The summed E-state index contributed by atoms with van der Waals surface area (Å²) in [6.07, 6.45) is 2.51. The van der Waals surface area contributed by atoms with E-state index in [1.807, 2.05) is 18.2 Å². The second kappa shape index (κ2) is 6.39. The molecule has 0 saturated heterocycles. The number of nitrogens with zero attached hydrogens (tertiary/aromatic N) is 2. The molecule has 0 radical (unpaired) electrons. The number of aromatic nitrogens is 2. The van der Waals surface area contributed by atoms with E-state index >= 15 is 0 Å². The normalized spacial score (nSPS) is 13.0. The number of halogens is 1. The molecule has 0 bridgehead atoms. The fourth-order valence-corrected chi connectivity index (χ4v) is 3.70. The van der Waals surface area contributed by atoms with Gasteiger partial charge in [0.05, 0.1) is 5.52 Å². The zero-order valence-electron chi connectivity index (χ0n) is 15.0. The highest BCUT2D eigenvalue weighted by Gasteiger charge is 2.20. The molecule has 1 aliphatic heterocycles. The van der Waals surface area contributed by atoms with Gasteiger partial charge in [-0.1, -0.05) is 17.3 Å². The van der Waals surface area contributed by atoms with Crippen LogP contribution in [-0.2, 0) is 13.1 Å². The molecule has 0 aliphatic carbocycles. The number of aromatic carboxylic acids is 1. The third-order valence-corrected chi connectivity index (χ3v) is 5.14. The smallest absolute Gasteiger partial charge is 0.341 e. The number of hydrogen-bond donors (Lipinski definition) is 2. The first kappa shape index (κ1) is 17.3. The lowest BCUT2D eigenvalue weighted by molar-refractivity contribution is 0.0695. The first-order valence-corrected chi connectivity index (χ1v) is 8.89. The fraction of sp³-hybridized carbons (Fsp3) is 0.0952. The monoisotopic (exact) mass is 391 g/mol. The minimum absolute atomic E-state index is 0.0445. The molecule has 0 amide bonds. The van der Waals surface area contributed by atoms with E-state index < -0.39 is 22.8 Å². The first-order valence-electron chi connectivity index (χ1n) is 8.89. The fourth-order valence-electron chi connectivity index (χ4n) is 3.70. The highest BCUT2D eigenvalue weighted by atomic mass is 19.1. The molecule has 1 aliphatic rings. The molecule has 0 atom stereocenters. The number of carboxylic acids is 1. The lowest BCUT2D eigenvalue weighted by atomic mass is 9.98. The van der Waals surface area contributed by atoms with Gasteiger partial charge < -0.3 is 14.9 Å². The molecule has 144 valence electrons. The summed E-state index contributed by atoms with van der Waals surface area (Å²) in [6, 6.07) is 9.86. The van der Waals surface area contributed by atoms with E-state index in [1.165, 1.54) is 34.7 Å². The lowest BCUT2D eigenvalue weighted by Crippen LogP contribution is -2.18. The summed E-state index contributed by atoms with van der Waals surface area (Å²) in [7, 11) is 0. The number of pyridine rings is 1. The van der Waals surface area contributed by atoms with E-state index in [9.17, 15) is 19.1 Å². The van der Waals surface area contributed by atoms with Crippen molar-refractivity contribution in [3.63, 3.8) is 0 Å². The topological polar surface area (TPSA) is 97.4 Å².